The van der Waals surface area contributed by atoms with Crippen molar-refractivity contribution in [2.75, 3.05) is 11.4 Å². The fourth-order valence-electron chi connectivity index (χ4n) is 2.10. The number of benzene rings is 1. The Hall–Kier alpha value is -1.81. The first-order chi connectivity index (χ1) is 8.36. The van der Waals surface area contributed by atoms with Crippen LogP contribution in [0.3, 0.4) is 0 Å². The van der Waals surface area contributed by atoms with Crippen molar-refractivity contribution in [2.45, 2.75) is 6.04 Å². The van der Waals surface area contributed by atoms with E-state index in [-0.39, 0.29) is 12.1 Å². The van der Waals surface area contributed by atoms with Gasteiger partial charge in [0.15, 0.2) is 0 Å². The maximum Gasteiger partial charge on any atom is 0.322 e. The Morgan fingerprint density at radius 2 is 2.00 bits per heavy atom. The van der Waals surface area contributed by atoms with Gasteiger partial charge in [0.25, 0.3) is 0 Å². The molecule has 86 valence electrons. The summed E-state index contributed by atoms with van der Waals surface area (Å²) >= 11 is 1.69. The van der Waals surface area contributed by atoms with Gasteiger partial charge in [-0.25, -0.2) is 4.79 Å². The van der Waals surface area contributed by atoms with E-state index in [2.05, 4.69) is 11.4 Å². The molecular formula is C13H12N2OS. The van der Waals surface area contributed by atoms with Gasteiger partial charge in [0.05, 0.1) is 6.04 Å². The summed E-state index contributed by atoms with van der Waals surface area (Å²) in [6.45, 7) is 0.675. The lowest BCUT2D eigenvalue weighted by molar-refractivity contribution is 0.251. The van der Waals surface area contributed by atoms with Crippen LogP contribution in [0.25, 0.3) is 0 Å². The Morgan fingerprint density at radius 1 is 1.18 bits per heavy atom. The van der Waals surface area contributed by atoms with Crippen LogP contribution in [0.4, 0.5) is 10.5 Å². The van der Waals surface area contributed by atoms with Crippen LogP contribution >= 0.6 is 11.3 Å². The Labute approximate surface area is 104 Å². The van der Waals surface area contributed by atoms with E-state index in [9.17, 15) is 4.79 Å². The maximum absolute atomic E-state index is 11.9. The van der Waals surface area contributed by atoms with E-state index in [0.29, 0.717) is 6.54 Å². The minimum Gasteiger partial charge on any atom is -0.335 e. The van der Waals surface area contributed by atoms with Crippen LogP contribution in [-0.2, 0) is 0 Å². The van der Waals surface area contributed by atoms with E-state index in [1.807, 2.05) is 46.7 Å². The van der Waals surface area contributed by atoms with Gasteiger partial charge in [-0.1, -0.05) is 24.3 Å². The zero-order valence-corrected chi connectivity index (χ0v) is 9.98. The largest absolute Gasteiger partial charge is 0.335 e. The minimum absolute atomic E-state index is 0.0189. The molecule has 3 rings (SSSR count). The first-order valence-corrected chi connectivity index (χ1v) is 6.40. The number of carbonyl (C=O) groups is 1. The summed E-state index contributed by atoms with van der Waals surface area (Å²) in [5.74, 6) is 0. The SMILES string of the molecule is O=C1NCC(c2cccs2)N1c1ccccc1. The van der Waals surface area contributed by atoms with Gasteiger partial charge in [-0.05, 0) is 23.6 Å². The Balaban J connectivity index is 1.98. The topological polar surface area (TPSA) is 32.3 Å². The first kappa shape index (κ1) is 10.4. The fraction of sp³-hybridized carbons (Fsp3) is 0.154. The summed E-state index contributed by atoms with van der Waals surface area (Å²) < 4.78 is 0. The van der Waals surface area contributed by atoms with Gasteiger partial charge in [0.1, 0.15) is 0 Å². The average Bonchev–Trinajstić information content (AvgIpc) is 2.98. The molecule has 0 aliphatic carbocycles. The smallest absolute Gasteiger partial charge is 0.322 e. The van der Waals surface area contributed by atoms with Crippen LogP contribution < -0.4 is 10.2 Å². The van der Waals surface area contributed by atoms with E-state index in [1.54, 1.807) is 11.3 Å². The number of rotatable bonds is 2. The third-order valence-corrected chi connectivity index (χ3v) is 3.86. The lowest BCUT2D eigenvalue weighted by Gasteiger charge is -2.22. The molecule has 4 heteroatoms. The van der Waals surface area contributed by atoms with Gasteiger partial charge < -0.3 is 5.32 Å². The molecule has 1 aliphatic heterocycles. The standard InChI is InChI=1S/C13H12N2OS/c16-13-14-9-11(12-7-4-8-17-12)15(13)10-5-2-1-3-6-10/h1-8,11H,9H2,(H,14,16). The predicted molar refractivity (Wildman–Crippen MR) is 69.4 cm³/mol. The van der Waals surface area contributed by atoms with Crippen LogP contribution in [0.15, 0.2) is 47.8 Å². The van der Waals surface area contributed by atoms with Crippen molar-refractivity contribution in [2.24, 2.45) is 0 Å². The van der Waals surface area contributed by atoms with E-state index in [0.717, 1.165) is 5.69 Å². The molecule has 0 spiro atoms. The molecule has 1 aromatic heterocycles. The molecular weight excluding hydrogens is 232 g/mol. The second-order valence-electron chi connectivity index (χ2n) is 3.92. The monoisotopic (exact) mass is 244 g/mol. The number of nitrogens with one attached hydrogen (secondary N) is 1. The molecule has 0 saturated carbocycles. The molecule has 1 aliphatic rings. The number of urea groups is 1. The summed E-state index contributed by atoms with van der Waals surface area (Å²) in [6, 6.07) is 14.0. The second-order valence-corrected chi connectivity index (χ2v) is 4.90. The maximum atomic E-state index is 11.9. The van der Waals surface area contributed by atoms with E-state index in [1.165, 1.54) is 4.88 Å². The molecule has 1 unspecified atom stereocenters. The molecule has 1 fully saturated rings. The number of anilines is 1. The Bertz CT molecular complexity index is 509. The zero-order valence-electron chi connectivity index (χ0n) is 9.17. The first-order valence-electron chi connectivity index (χ1n) is 5.52. The van der Waals surface area contributed by atoms with Gasteiger partial charge in [0, 0.05) is 17.1 Å². The highest BCUT2D eigenvalue weighted by molar-refractivity contribution is 7.10. The van der Waals surface area contributed by atoms with Gasteiger partial charge in [-0.3, -0.25) is 4.90 Å². The van der Waals surface area contributed by atoms with Gasteiger partial charge in [-0.15, -0.1) is 11.3 Å². The molecule has 1 atom stereocenters. The molecule has 0 radical (unpaired) electrons. The van der Waals surface area contributed by atoms with Crippen molar-refractivity contribution in [1.82, 2.24) is 5.32 Å². The van der Waals surface area contributed by atoms with Crippen molar-refractivity contribution in [1.29, 1.82) is 0 Å². The molecule has 1 N–H and O–H groups in total. The predicted octanol–water partition coefficient (Wildman–Crippen LogP) is 3.02. The molecule has 3 nitrogen and oxygen atoms in total. The number of hydrogen-bond acceptors (Lipinski definition) is 2. The molecule has 17 heavy (non-hydrogen) atoms. The van der Waals surface area contributed by atoms with Crippen molar-refractivity contribution in [3.63, 3.8) is 0 Å². The highest BCUT2D eigenvalue weighted by Crippen LogP contribution is 2.32. The quantitative estimate of drug-likeness (QED) is 0.865. The van der Waals surface area contributed by atoms with E-state index >= 15 is 0 Å². The second kappa shape index (κ2) is 4.22. The molecule has 2 amide bonds. The summed E-state index contributed by atoms with van der Waals surface area (Å²) in [5, 5.41) is 4.94. The van der Waals surface area contributed by atoms with Gasteiger partial charge in [0.2, 0.25) is 0 Å². The zero-order chi connectivity index (χ0) is 11.7. The number of hydrogen-bond donors (Lipinski definition) is 1. The molecule has 2 heterocycles. The van der Waals surface area contributed by atoms with Gasteiger partial charge >= 0.3 is 6.03 Å². The van der Waals surface area contributed by atoms with E-state index in [4.69, 9.17) is 0 Å². The van der Waals surface area contributed by atoms with Crippen LogP contribution in [0.5, 0.6) is 0 Å². The highest BCUT2D eigenvalue weighted by Gasteiger charge is 2.33. The summed E-state index contributed by atoms with van der Waals surface area (Å²) in [5.41, 5.74) is 0.945. The number of thiophene rings is 1. The minimum atomic E-state index is -0.0189. The van der Waals surface area contributed by atoms with Crippen LogP contribution in [0.1, 0.15) is 10.9 Å². The van der Waals surface area contributed by atoms with Crippen molar-refractivity contribution in [3.05, 3.63) is 52.7 Å². The lowest BCUT2D eigenvalue weighted by atomic mass is 10.2. The van der Waals surface area contributed by atoms with Crippen molar-refractivity contribution < 1.29 is 4.79 Å². The summed E-state index contributed by atoms with van der Waals surface area (Å²) in [7, 11) is 0. The van der Waals surface area contributed by atoms with Crippen molar-refractivity contribution in [3.8, 4) is 0 Å². The van der Waals surface area contributed by atoms with E-state index < -0.39 is 0 Å². The molecule has 0 bridgehead atoms. The fourth-order valence-corrected chi connectivity index (χ4v) is 2.91. The number of amides is 2. The normalized spacial score (nSPS) is 19.4. The Kier molecular flexibility index (Phi) is 2.57. The molecule has 1 aromatic carbocycles. The average molecular weight is 244 g/mol. The van der Waals surface area contributed by atoms with Crippen LogP contribution in [-0.4, -0.2) is 12.6 Å². The van der Waals surface area contributed by atoms with Gasteiger partial charge in [-0.2, -0.15) is 0 Å². The third-order valence-electron chi connectivity index (χ3n) is 2.88. The van der Waals surface area contributed by atoms with Crippen LogP contribution in [0, 0.1) is 0 Å². The number of nitrogens with zero attached hydrogens (tertiary/aromatic N) is 1. The third kappa shape index (κ3) is 1.80. The highest BCUT2D eigenvalue weighted by atomic mass is 32.1. The molecule has 1 saturated heterocycles. The number of para-hydroxylation sites is 1. The van der Waals surface area contributed by atoms with Crippen LogP contribution in [0.2, 0.25) is 0 Å². The summed E-state index contributed by atoms with van der Waals surface area (Å²) in [6.07, 6.45) is 0. The molecule has 2 aromatic rings. The summed E-state index contributed by atoms with van der Waals surface area (Å²) in [4.78, 5) is 14.9. The number of carbonyl (C=O) groups excluding carboxylic acids is 1. The lowest BCUT2D eigenvalue weighted by Crippen LogP contribution is -2.29. The van der Waals surface area contributed by atoms with Crippen molar-refractivity contribution >= 4 is 23.1 Å². The Morgan fingerprint density at radius 3 is 2.71 bits per heavy atom.